The molecule has 126 valence electrons. The largest absolute Gasteiger partial charge is 0.480 e. The fourth-order valence-electron chi connectivity index (χ4n) is 2.76. The van der Waals surface area contributed by atoms with Gasteiger partial charge in [-0.25, -0.2) is 4.79 Å². The maximum Gasteiger partial charge on any atom is 0.326 e. The molecule has 0 radical (unpaired) electrons. The van der Waals surface area contributed by atoms with Crippen LogP contribution in [0.15, 0.2) is 66.7 Å². The van der Waals surface area contributed by atoms with Gasteiger partial charge in [0.05, 0.1) is 0 Å². The maximum atomic E-state index is 12.6. The molecule has 0 saturated carbocycles. The van der Waals surface area contributed by atoms with Gasteiger partial charge in [0.25, 0.3) is 5.91 Å². The van der Waals surface area contributed by atoms with Crippen molar-refractivity contribution in [2.45, 2.75) is 12.5 Å². The Morgan fingerprint density at radius 2 is 1.72 bits per heavy atom. The van der Waals surface area contributed by atoms with Crippen LogP contribution in [0, 0.1) is 0 Å². The van der Waals surface area contributed by atoms with E-state index in [-0.39, 0.29) is 6.42 Å². The van der Waals surface area contributed by atoms with E-state index in [0.29, 0.717) is 10.6 Å². The van der Waals surface area contributed by atoms with Gasteiger partial charge >= 0.3 is 5.97 Å². The lowest BCUT2D eigenvalue weighted by atomic mass is 10.0. The highest BCUT2D eigenvalue weighted by Gasteiger charge is 2.22. The van der Waals surface area contributed by atoms with Crippen molar-refractivity contribution < 1.29 is 14.7 Å². The molecule has 5 heteroatoms. The van der Waals surface area contributed by atoms with Crippen LogP contribution in [0.2, 0.25) is 5.02 Å². The molecule has 0 unspecified atom stereocenters. The molecule has 3 rings (SSSR count). The number of fused-ring (bicyclic) bond motifs is 1. The van der Waals surface area contributed by atoms with E-state index in [0.717, 1.165) is 16.3 Å². The van der Waals surface area contributed by atoms with Crippen molar-refractivity contribution in [1.82, 2.24) is 5.32 Å². The van der Waals surface area contributed by atoms with Crippen molar-refractivity contribution in [1.29, 1.82) is 0 Å². The van der Waals surface area contributed by atoms with E-state index in [4.69, 9.17) is 11.6 Å². The lowest BCUT2D eigenvalue weighted by molar-refractivity contribution is -0.139. The lowest BCUT2D eigenvalue weighted by Gasteiger charge is -2.16. The second-order valence-corrected chi connectivity index (χ2v) is 6.16. The van der Waals surface area contributed by atoms with Gasteiger partial charge < -0.3 is 10.4 Å². The minimum Gasteiger partial charge on any atom is -0.480 e. The predicted octanol–water partition coefficient (Wildman–Crippen LogP) is 3.92. The molecule has 0 spiro atoms. The third-order valence-corrected chi connectivity index (χ3v) is 4.20. The molecule has 0 aliphatic heterocycles. The van der Waals surface area contributed by atoms with E-state index in [9.17, 15) is 14.7 Å². The Labute approximate surface area is 150 Å². The topological polar surface area (TPSA) is 66.4 Å². The highest BCUT2D eigenvalue weighted by Crippen LogP contribution is 2.19. The number of carboxylic acids is 1. The zero-order valence-electron chi connectivity index (χ0n) is 13.3. The number of carbonyl (C=O) groups is 2. The summed E-state index contributed by atoms with van der Waals surface area (Å²) < 4.78 is 0. The molecule has 0 saturated heterocycles. The second-order valence-electron chi connectivity index (χ2n) is 5.73. The van der Waals surface area contributed by atoms with Gasteiger partial charge in [-0.1, -0.05) is 60.1 Å². The molecule has 4 nitrogen and oxygen atoms in total. The van der Waals surface area contributed by atoms with Gasteiger partial charge in [-0.05, 0) is 34.5 Å². The number of carboxylic acid groups (broad SMARTS) is 1. The van der Waals surface area contributed by atoms with Gasteiger partial charge in [0.15, 0.2) is 0 Å². The first-order valence-corrected chi connectivity index (χ1v) is 8.18. The fraction of sp³-hybridized carbons (Fsp3) is 0.100. The van der Waals surface area contributed by atoms with Crippen molar-refractivity contribution in [3.05, 3.63) is 82.9 Å². The van der Waals surface area contributed by atoms with E-state index in [1.807, 2.05) is 30.3 Å². The molecule has 0 aliphatic rings. The number of benzene rings is 3. The van der Waals surface area contributed by atoms with E-state index in [1.165, 1.54) is 0 Å². The van der Waals surface area contributed by atoms with Crippen LogP contribution >= 0.6 is 11.6 Å². The first kappa shape index (κ1) is 17.0. The molecule has 2 N–H and O–H groups in total. The SMILES string of the molecule is O=C(N[C@H](Cc1cccc(Cl)c1)C(=O)O)c1cccc2ccccc12. The highest BCUT2D eigenvalue weighted by atomic mass is 35.5. The average molecular weight is 354 g/mol. The van der Waals surface area contributed by atoms with Gasteiger partial charge in [0.2, 0.25) is 0 Å². The van der Waals surface area contributed by atoms with E-state index < -0.39 is 17.9 Å². The van der Waals surface area contributed by atoms with E-state index >= 15 is 0 Å². The monoisotopic (exact) mass is 353 g/mol. The fourth-order valence-corrected chi connectivity index (χ4v) is 2.97. The van der Waals surface area contributed by atoms with Crippen LogP contribution in [0.4, 0.5) is 0 Å². The summed E-state index contributed by atoms with van der Waals surface area (Å²) in [5.74, 6) is -1.50. The third-order valence-electron chi connectivity index (χ3n) is 3.97. The number of carbonyl (C=O) groups excluding carboxylic acids is 1. The molecule has 25 heavy (non-hydrogen) atoms. The number of rotatable bonds is 5. The van der Waals surface area contributed by atoms with Crippen LogP contribution in [-0.2, 0) is 11.2 Å². The van der Waals surface area contributed by atoms with Gasteiger partial charge in [0, 0.05) is 17.0 Å². The normalized spacial score (nSPS) is 11.9. The molecule has 3 aromatic carbocycles. The Bertz CT molecular complexity index is 934. The van der Waals surface area contributed by atoms with E-state index in [1.54, 1.807) is 36.4 Å². The smallest absolute Gasteiger partial charge is 0.326 e. The summed E-state index contributed by atoms with van der Waals surface area (Å²) in [4.78, 5) is 24.2. The molecule has 0 heterocycles. The predicted molar refractivity (Wildman–Crippen MR) is 98.0 cm³/mol. The van der Waals surface area contributed by atoms with Gasteiger partial charge in [-0.2, -0.15) is 0 Å². The van der Waals surface area contributed by atoms with Crippen LogP contribution < -0.4 is 5.32 Å². The van der Waals surface area contributed by atoms with Crippen molar-refractivity contribution in [3.8, 4) is 0 Å². The summed E-state index contributed by atoms with van der Waals surface area (Å²) >= 11 is 5.94. The molecule has 1 amide bonds. The summed E-state index contributed by atoms with van der Waals surface area (Å²) in [5.41, 5.74) is 1.20. The van der Waals surface area contributed by atoms with Crippen LogP contribution in [-0.4, -0.2) is 23.0 Å². The Morgan fingerprint density at radius 3 is 2.48 bits per heavy atom. The summed E-state index contributed by atoms with van der Waals surface area (Å²) in [7, 11) is 0. The Kier molecular flexibility index (Phi) is 5.00. The zero-order chi connectivity index (χ0) is 17.8. The molecular formula is C20H16ClNO3. The molecule has 0 fully saturated rings. The van der Waals surface area contributed by atoms with Crippen molar-refractivity contribution in [2.24, 2.45) is 0 Å². The number of nitrogens with one attached hydrogen (secondary N) is 1. The standard InChI is InChI=1S/C20H16ClNO3/c21-15-8-3-5-13(11-15)12-18(20(24)25)22-19(23)17-10-4-7-14-6-1-2-9-16(14)17/h1-11,18H,12H2,(H,22,23)(H,24,25)/t18-/m1/s1. The van der Waals surface area contributed by atoms with Gasteiger partial charge in [-0.15, -0.1) is 0 Å². The first-order chi connectivity index (χ1) is 12.0. The van der Waals surface area contributed by atoms with Crippen LogP contribution in [0.25, 0.3) is 10.8 Å². The van der Waals surface area contributed by atoms with Crippen molar-refractivity contribution in [3.63, 3.8) is 0 Å². The van der Waals surface area contributed by atoms with Gasteiger partial charge in [-0.3, -0.25) is 4.79 Å². The molecule has 1 atom stereocenters. The molecule has 0 bridgehead atoms. The Balaban J connectivity index is 1.84. The lowest BCUT2D eigenvalue weighted by Crippen LogP contribution is -2.42. The number of hydrogen-bond acceptors (Lipinski definition) is 2. The number of hydrogen-bond donors (Lipinski definition) is 2. The third kappa shape index (κ3) is 3.98. The average Bonchev–Trinajstić information content (AvgIpc) is 2.60. The summed E-state index contributed by atoms with van der Waals surface area (Å²) in [6.07, 6.45) is 0.159. The van der Waals surface area contributed by atoms with Gasteiger partial charge in [0.1, 0.15) is 6.04 Å². The second kappa shape index (κ2) is 7.36. The van der Waals surface area contributed by atoms with Crippen molar-refractivity contribution >= 4 is 34.2 Å². The minimum atomic E-state index is -1.09. The number of halogens is 1. The maximum absolute atomic E-state index is 12.6. The van der Waals surface area contributed by atoms with Crippen LogP contribution in [0.5, 0.6) is 0 Å². The molecule has 0 aromatic heterocycles. The van der Waals surface area contributed by atoms with Crippen LogP contribution in [0.3, 0.4) is 0 Å². The minimum absolute atomic E-state index is 0.159. The highest BCUT2D eigenvalue weighted by molar-refractivity contribution is 6.30. The number of aliphatic carboxylic acids is 1. The van der Waals surface area contributed by atoms with Crippen molar-refractivity contribution in [2.75, 3.05) is 0 Å². The van der Waals surface area contributed by atoms with Crippen LogP contribution in [0.1, 0.15) is 15.9 Å². The summed E-state index contributed by atoms with van der Waals surface area (Å²) in [5, 5.41) is 14.3. The summed E-state index contributed by atoms with van der Waals surface area (Å²) in [6, 6.07) is 18.8. The molecular weight excluding hydrogens is 338 g/mol. The Hall–Kier alpha value is -2.85. The zero-order valence-corrected chi connectivity index (χ0v) is 14.0. The first-order valence-electron chi connectivity index (χ1n) is 7.80. The molecule has 0 aliphatic carbocycles. The van der Waals surface area contributed by atoms with E-state index in [2.05, 4.69) is 5.32 Å². The molecule has 3 aromatic rings. The number of amides is 1. The quantitative estimate of drug-likeness (QED) is 0.730. The Morgan fingerprint density at radius 1 is 1.00 bits per heavy atom. The summed E-state index contributed by atoms with van der Waals surface area (Å²) in [6.45, 7) is 0.